The molecule has 1 amide bonds. The van der Waals surface area contributed by atoms with Crippen LogP contribution < -0.4 is 0 Å². The zero-order valence-electron chi connectivity index (χ0n) is 17.7. The average molecular weight is 450 g/mol. The minimum atomic E-state index is -5.08. The van der Waals surface area contributed by atoms with Crippen molar-refractivity contribution >= 4 is 11.9 Å². The lowest BCUT2D eigenvalue weighted by Gasteiger charge is -2.41. The van der Waals surface area contributed by atoms with Gasteiger partial charge in [0.2, 0.25) is 5.91 Å². The van der Waals surface area contributed by atoms with Crippen molar-refractivity contribution in [1.82, 2.24) is 9.80 Å². The van der Waals surface area contributed by atoms with Crippen molar-refractivity contribution in [3.8, 4) is 0 Å². The Hall–Kier alpha value is -2.11. The molecule has 0 aromatic carbocycles. The molecule has 0 bridgehead atoms. The summed E-state index contributed by atoms with van der Waals surface area (Å²) in [6.45, 7) is 5.56. The number of nitrogens with zero attached hydrogens (tertiary/aromatic N) is 2. The van der Waals surface area contributed by atoms with Gasteiger partial charge in [0.15, 0.2) is 0 Å². The van der Waals surface area contributed by atoms with Crippen LogP contribution in [0.1, 0.15) is 18.4 Å². The van der Waals surface area contributed by atoms with Crippen LogP contribution in [0.4, 0.5) is 13.2 Å². The molecule has 3 heterocycles. The van der Waals surface area contributed by atoms with E-state index in [1.165, 1.54) is 5.56 Å². The first kappa shape index (κ1) is 25.2. The molecular formula is C20H29F3N2O6. The maximum absolute atomic E-state index is 12.8. The molecule has 2 fully saturated rings. The van der Waals surface area contributed by atoms with Crippen molar-refractivity contribution in [2.45, 2.75) is 25.6 Å². The highest BCUT2D eigenvalue weighted by molar-refractivity contribution is 5.82. The van der Waals surface area contributed by atoms with E-state index in [1.807, 2.05) is 17.2 Å². The van der Waals surface area contributed by atoms with Crippen molar-refractivity contribution in [2.75, 3.05) is 53.6 Å². The summed E-state index contributed by atoms with van der Waals surface area (Å²) in [6.07, 6.45) is 0.518. The molecule has 1 N–H and O–H groups in total. The monoisotopic (exact) mass is 450 g/mol. The zero-order chi connectivity index (χ0) is 23.1. The summed E-state index contributed by atoms with van der Waals surface area (Å²) in [5.41, 5.74) is 1.26. The third-order valence-electron chi connectivity index (χ3n) is 5.83. The number of methoxy groups -OCH3 is 2. The van der Waals surface area contributed by atoms with E-state index in [0.29, 0.717) is 19.8 Å². The third-order valence-corrected chi connectivity index (χ3v) is 5.83. The first-order chi connectivity index (χ1) is 14.6. The number of furan rings is 1. The molecule has 3 rings (SSSR count). The highest BCUT2D eigenvalue weighted by atomic mass is 19.4. The van der Waals surface area contributed by atoms with Gasteiger partial charge >= 0.3 is 12.1 Å². The molecule has 2 aliphatic rings. The van der Waals surface area contributed by atoms with E-state index >= 15 is 0 Å². The minimum Gasteiger partial charge on any atom is -0.475 e. The Kier molecular flexibility index (Phi) is 8.90. The Bertz CT molecular complexity index is 702. The van der Waals surface area contributed by atoms with Crippen LogP contribution in [-0.4, -0.2) is 86.6 Å². The van der Waals surface area contributed by atoms with Crippen molar-refractivity contribution in [1.29, 1.82) is 0 Å². The van der Waals surface area contributed by atoms with Gasteiger partial charge in [-0.05, 0) is 32.0 Å². The van der Waals surface area contributed by atoms with Gasteiger partial charge in [-0.15, -0.1) is 0 Å². The highest BCUT2D eigenvalue weighted by Gasteiger charge is 2.52. The van der Waals surface area contributed by atoms with Crippen LogP contribution in [0.2, 0.25) is 0 Å². The van der Waals surface area contributed by atoms with Gasteiger partial charge in [-0.25, -0.2) is 4.79 Å². The number of alkyl halides is 3. The number of rotatable bonds is 7. The number of ether oxygens (including phenoxy) is 2. The fraction of sp³-hybridized carbons (Fsp3) is 0.700. The standard InChI is InChI=1S/C18H28N2O4.C2HF3O2/c1-22-10-8-20-14-18(16(13-23-2)17(20)21)4-6-19(7-5-18)11-15-3-9-24-12-15;3-2(4,5)1(6)7/h3,9,12,16H,4-8,10-11,13-14H2,1-2H3;(H,6,7). The number of hydrogen-bond acceptors (Lipinski definition) is 6. The molecule has 2 aliphatic heterocycles. The van der Waals surface area contributed by atoms with Gasteiger partial charge < -0.3 is 23.9 Å². The fourth-order valence-corrected chi connectivity index (χ4v) is 4.16. The van der Waals surface area contributed by atoms with Crippen LogP contribution in [0.3, 0.4) is 0 Å². The molecule has 8 nitrogen and oxygen atoms in total. The highest BCUT2D eigenvalue weighted by Crippen LogP contribution is 2.45. The van der Waals surface area contributed by atoms with Gasteiger partial charge in [0.05, 0.1) is 31.7 Å². The molecular weight excluding hydrogens is 421 g/mol. The minimum absolute atomic E-state index is 0.0181. The van der Waals surface area contributed by atoms with Crippen molar-refractivity contribution in [3.63, 3.8) is 0 Å². The number of carbonyl (C=O) groups is 2. The maximum Gasteiger partial charge on any atom is 0.490 e. The van der Waals surface area contributed by atoms with Gasteiger partial charge in [0.25, 0.3) is 0 Å². The summed E-state index contributed by atoms with van der Waals surface area (Å²) in [5, 5.41) is 7.12. The lowest BCUT2D eigenvalue weighted by Crippen LogP contribution is -2.45. The third kappa shape index (κ3) is 6.68. The quantitative estimate of drug-likeness (QED) is 0.681. The van der Waals surface area contributed by atoms with Crippen LogP contribution in [-0.2, 0) is 25.6 Å². The van der Waals surface area contributed by atoms with Gasteiger partial charge in [-0.3, -0.25) is 9.69 Å². The summed E-state index contributed by atoms with van der Waals surface area (Å²) >= 11 is 0. The molecule has 31 heavy (non-hydrogen) atoms. The molecule has 11 heteroatoms. The van der Waals surface area contributed by atoms with Crippen LogP contribution in [0, 0.1) is 11.3 Å². The molecule has 1 spiro atoms. The summed E-state index contributed by atoms with van der Waals surface area (Å²) in [7, 11) is 3.37. The number of amides is 1. The second-order valence-corrected chi connectivity index (χ2v) is 7.83. The lowest BCUT2D eigenvalue weighted by atomic mass is 9.71. The predicted molar refractivity (Wildman–Crippen MR) is 103 cm³/mol. The lowest BCUT2D eigenvalue weighted by molar-refractivity contribution is -0.192. The Morgan fingerprint density at radius 1 is 1.29 bits per heavy atom. The van der Waals surface area contributed by atoms with Crippen molar-refractivity contribution in [3.05, 3.63) is 24.2 Å². The maximum atomic E-state index is 12.8. The summed E-state index contributed by atoms with van der Waals surface area (Å²) in [6, 6.07) is 2.02. The molecule has 1 unspecified atom stereocenters. The largest absolute Gasteiger partial charge is 0.490 e. The van der Waals surface area contributed by atoms with E-state index in [-0.39, 0.29) is 17.2 Å². The Labute approximate surface area is 178 Å². The molecule has 176 valence electrons. The number of carbonyl (C=O) groups excluding carboxylic acids is 1. The van der Waals surface area contributed by atoms with Crippen LogP contribution in [0.15, 0.2) is 23.0 Å². The summed E-state index contributed by atoms with van der Waals surface area (Å²) in [4.78, 5) is 26.1. The van der Waals surface area contributed by atoms with Crippen molar-refractivity contribution < 1.29 is 41.8 Å². The van der Waals surface area contributed by atoms with Crippen LogP contribution >= 0.6 is 0 Å². The fourth-order valence-electron chi connectivity index (χ4n) is 4.16. The molecule has 2 saturated heterocycles. The number of carboxylic acids is 1. The molecule has 1 aromatic rings. The van der Waals surface area contributed by atoms with Crippen molar-refractivity contribution in [2.24, 2.45) is 11.3 Å². The topological polar surface area (TPSA) is 92.5 Å². The molecule has 0 aliphatic carbocycles. The van der Waals surface area contributed by atoms with Crippen LogP contribution in [0.5, 0.6) is 0 Å². The second-order valence-electron chi connectivity index (χ2n) is 7.83. The van der Waals surface area contributed by atoms with E-state index in [9.17, 15) is 18.0 Å². The zero-order valence-corrected chi connectivity index (χ0v) is 17.7. The van der Waals surface area contributed by atoms with Gasteiger partial charge in [0.1, 0.15) is 0 Å². The predicted octanol–water partition coefficient (Wildman–Crippen LogP) is 2.25. The van der Waals surface area contributed by atoms with Gasteiger partial charge in [-0.1, -0.05) is 0 Å². The number of hydrogen-bond donors (Lipinski definition) is 1. The number of aliphatic carboxylic acids is 1. The second kappa shape index (κ2) is 11.0. The van der Waals surface area contributed by atoms with E-state index in [0.717, 1.165) is 39.0 Å². The first-order valence-corrected chi connectivity index (χ1v) is 9.93. The normalized spacial score (nSPS) is 21.3. The molecule has 1 atom stereocenters. The Morgan fingerprint density at radius 3 is 2.42 bits per heavy atom. The van der Waals surface area contributed by atoms with E-state index in [2.05, 4.69) is 4.90 Å². The Balaban J connectivity index is 0.000000423. The number of likely N-dealkylation sites (tertiary alicyclic amines) is 2. The first-order valence-electron chi connectivity index (χ1n) is 9.93. The molecule has 1 aromatic heterocycles. The molecule has 0 saturated carbocycles. The summed E-state index contributed by atoms with van der Waals surface area (Å²) in [5.74, 6) is -2.54. The molecule has 0 radical (unpaired) electrons. The van der Waals surface area contributed by atoms with Gasteiger partial charge in [-0.2, -0.15) is 13.2 Å². The Morgan fingerprint density at radius 2 is 1.94 bits per heavy atom. The van der Waals surface area contributed by atoms with Crippen LogP contribution in [0.25, 0.3) is 0 Å². The SMILES string of the molecule is COCCN1CC2(CCN(Cc3ccoc3)CC2)C(COC)C1=O.O=C(O)C(F)(F)F. The van der Waals surface area contributed by atoms with E-state index < -0.39 is 12.1 Å². The summed E-state index contributed by atoms with van der Waals surface area (Å²) < 4.78 is 47.4. The number of halogens is 3. The van der Waals surface area contributed by atoms with E-state index in [4.69, 9.17) is 23.8 Å². The number of piperidine rings is 1. The smallest absolute Gasteiger partial charge is 0.475 e. The number of carboxylic acid groups (broad SMARTS) is 1. The van der Waals surface area contributed by atoms with Gasteiger partial charge in [0, 0.05) is 44.8 Å². The van der Waals surface area contributed by atoms with E-state index in [1.54, 1.807) is 20.5 Å². The average Bonchev–Trinajstić information content (AvgIpc) is 3.31.